The lowest BCUT2D eigenvalue weighted by molar-refractivity contribution is 0.242. The van der Waals surface area contributed by atoms with E-state index in [2.05, 4.69) is 9.71 Å². The normalized spacial score (nSPS) is 11.2. The molecule has 0 bridgehead atoms. The van der Waals surface area contributed by atoms with Gasteiger partial charge in [-0.3, -0.25) is 0 Å². The Morgan fingerprint density at radius 2 is 1.95 bits per heavy atom. The largest absolute Gasteiger partial charge is 0.491 e. The summed E-state index contributed by atoms with van der Waals surface area (Å²) in [7, 11) is -3.87. The van der Waals surface area contributed by atoms with Gasteiger partial charge in [-0.25, -0.2) is 18.1 Å². The highest BCUT2D eigenvalue weighted by Gasteiger charge is 2.20. The Morgan fingerprint density at radius 3 is 2.50 bits per heavy atom. The number of rotatable bonds is 5. The van der Waals surface area contributed by atoms with Crippen LogP contribution in [0.2, 0.25) is 0 Å². The van der Waals surface area contributed by atoms with Gasteiger partial charge in [-0.1, -0.05) is 0 Å². The van der Waals surface area contributed by atoms with Crippen molar-refractivity contribution in [3.05, 3.63) is 35.9 Å². The lowest BCUT2D eigenvalue weighted by Gasteiger charge is -2.10. The summed E-state index contributed by atoms with van der Waals surface area (Å²) in [6, 6.07) is 7.72. The monoisotopic (exact) mass is 321 g/mol. The molecule has 0 aliphatic heterocycles. The van der Waals surface area contributed by atoms with Crippen molar-refractivity contribution >= 4 is 15.9 Å². The molecule has 1 heterocycles. The van der Waals surface area contributed by atoms with Crippen LogP contribution in [0.25, 0.3) is 0 Å². The number of hydrogen-bond acceptors (Lipinski definition) is 6. The van der Waals surface area contributed by atoms with Crippen LogP contribution in [-0.2, 0) is 10.0 Å². The smallest absolute Gasteiger partial charge is 0.264 e. The zero-order valence-corrected chi connectivity index (χ0v) is 13.1. The van der Waals surface area contributed by atoms with Crippen LogP contribution in [-0.4, -0.2) is 19.5 Å². The summed E-state index contributed by atoms with van der Waals surface area (Å²) in [5, 5.41) is 8.90. The molecule has 22 heavy (non-hydrogen) atoms. The molecule has 0 spiro atoms. The summed E-state index contributed by atoms with van der Waals surface area (Å²) in [6.45, 7) is 5.28. The molecule has 0 saturated carbocycles. The molecule has 0 saturated heterocycles. The van der Waals surface area contributed by atoms with Gasteiger partial charge in [0.1, 0.15) is 11.8 Å². The van der Waals surface area contributed by atoms with Gasteiger partial charge >= 0.3 is 0 Å². The van der Waals surface area contributed by atoms with E-state index in [9.17, 15) is 8.42 Å². The molecule has 2 rings (SSSR count). The number of hydrogen-bond donors (Lipinski definition) is 1. The maximum absolute atomic E-state index is 12.3. The molecule has 2 aromatic rings. The van der Waals surface area contributed by atoms with Gasteiger partial charge in [0.05, 0.1) is 11.0 Å². The van der Waals surface area contributed by atoms with Gasteiger partial charge in [0.2, 0.25) is 11.6 Å². The quantitative estimate of drug-likeness (QED) is 0.906. The molecule has 0 atom stereocenters. The fourth-order valence-corrected chi connectivity index (χ4v) is 2.72. The minimum atomic E-state index is -3.87. The lowest BCUT2D eigenvalue weighted by atomic mass is 10.3. The summed E-state index contributed by atoms with van der Waals surface area (Å²) in [5.41, 5.74) is -0.110. The predicted octanol–water partition coefficient (Wildman–Crippen LogP) is 2.44. The number of oxazole rings is 1. The second kappa shape index (κ2) is 6.07. The van der Waals surface area contributed by atoms with E-state index in [0.29, 0.717) is 5.75 Å². The van der Waals surface area contributed by atoms with Crippen molar-refractivity contribution in [1.82, 2.24) is 4.98 Å². The fraction of sp³-hybridized carbons (Fsp3) is 0.286. The molecule has 0 radical (unpaired) electrons. The number of nitriles is 1. The van der Waals surface area contributed by atoms with Crippen LogP contribution < -0.4 is 9.46 Å². The molecule has 116 valence electrons. The molecule has 7 nitrogen and oxygen atoms in total. The van der Waals surface area contributed by atoms with Crippen LogP contribution in [0.5, 0.6) is 5.75 Å². The molecule has 0 amide bonds. The van der Waals surface area contributed by atoms with Crippen molar-refractivity contribution in [3.63, 3.8) is 0 Å². The van der Waals surface area contributed by atoms with Crippen molar-refractivity contribution in [2.24, 2.45) is 0 Å². The van der Waals surface area contributed by atoms with Crippen molar-refractivity contribution in [2.75, 3.05) is 4.72 Å². The number of aromatic nitrogens is 1. The van der Waals surface area contributed by atoms with Crippen molar-refractivity contribution in [2.45, 2.75) is 31.8 Å². The molecule has 0 aliphatic rings. The van der Waals surface area contributed by atoms with Crippen LogP contribution >= 0.6 is 0 Å². The number of nitrogens with one attached hydrogen (secondary N) is 1. The fourth-order valence-electron chi connectivity index (χ4n) is 1.72. The number of anilines is 1. The summed E-state index contributed by atoms with van der Waals surface area (Å²) in [4.78, 5) is 3.81. The standard InChI is InChI=1S/C14H15N3O4S/c1-9(2)20-11-4-6-12(7-5-11)22(18,19)17-14-13(8-15)16-10(3)21-14/h4-7,9,17H,1-3H3. The van der Waals surface area contributed by atoms with Crippen LogP contribution in [0.3, 0.4) is 0 Å². The number of benzene rings is 1. The van der Waals surface area contributed by atoms with Gasteiger partial charge in [0.25, 0.3) is 10.0 Å². The Balaban J connectivity index is 2.25. The Morgan fingerprint density at radius 1 is 1.32 bits per heavy atom. The van der Waals surface area contributed by atoms with Crippen molar-refractivity contribution in [1.29, 1.82) is 5.26 Å². The van der Waals surface area contributed by atoms with Gasteiger partial charge in [-0.2, -0.15) is 5.26 Å². The predicted molar refractivity (Wildman–Crippen MR) is 79.0 cm³/mol. The van der Waals surface area contributed by atoms with Crippen LogP contribution in [0.15, 0.2) is 33.6 Å². The molecule has 1 aromatic heterocycles. The first kappa shape index (κ1) is 15.9. The van der Waals surface area contributed by atoms with Crippen LogP contribution in [0.1, 0.15) is 25.4 Å². The number of sulfonamides is 1. The van der Waals surface area contributed by atoms with E-state index in [0.717, 1.165) is 0 Å². The van der Waals surface area contributed by atoms with E-state index in [4.69, 9.17) is 14.4 Å². The van der Waals surface area contributed by atoms with E-state index in [1.54, 1.807) is 18.2 Å². The molecule has 0 fully saturated rings. The van der Waals surface area contributed by atoms with Gasteiger partial charge in [-0.15, -0.1) is 0 Å². The summed E-state index contributed by atoms with van der Waals surface area (Å²) in [5.74, 6) is 0.583. The Kier molecular flexibility index (Phi) is 4.37. The van der Waals surface area contributed by atoms with Gasteiger partial charge < -0.3 is 9.15 Å². The summed E-state index contributed by atoms with van der Waals surface area (Å²) >= 11 is 0. The molecule has 1 aromatic carbocycles. The molecular formula is C14H15N3O4S. The maximum Gasteiger partial charge on any atom is 0.264 e. The zero-order chi connectivity index (χ0) is 16.3. The number of aryl methyl sites for hydroxylation is 1. The zero-order valence-electron chi connectivity index (χ0n) is 12.3. The minimum absolute atomic E-state index is 0.00376. The first-order valence-electron chi connectivity index (χ1n) is 6.49. The summed E-state index contributed by atoms with van der Waals surface area (Å²) < 4.78 is 37.3. The molecule has 0 aliphatic carbocycles. The van der Waals surface area contributed by atoms with Crippen molar-refractivity contribution < 1.29 is 17.6 Å². The third kappa shape index (κ3) is 3.56. The Hall–Kier alpha value is -2.53. The molecular weight excluding hydrogens is 306 g/mol. The van der Waals surface area contributed by atoms with E-state index in [1.165, 1.54) is 19.1 Å². The highest BCUT2D eigenvalue weighted by atomic mass is 32.2. The molecule has 1 N–H and O–H groups in total. The SMILES string of the molecule is Cc1nc(C#N)c(NS(=O)(=O)c2ccc(OC(C)C)cc2)o1. The summed E-state index contributed by atoms with van der Waals surface area (Å²) in [6.07, 6.45) is -0.00376. The average Bonchev–Trinajstić information content (AvgIpc) is 2.78. The highest BCUT2D eigenvalue weighted by Crippen LogP contribution is 2.22. The second-order valence-corrected chi connectivity index (χ2v) is 6.45. The third-order valence-electron chi connectivity index (χ3n) is 2.57. The van der Waals surface area contributed by atoms with Crippen molar-refractivity contribution in [3.8, 4) is 11.8 Å². The molecule has 0 unspecified atom stereocenters. The second-order valence-electron chi connectivity index (χ2n) is 4.77. The molecule has 8 heteroatoms. The van der Waals surface area contributed by atoms with Gasteiger partial charge in [0, 0.05) is 6.92 Å². The van der Waals surface area contributed by atoms with E-state index >= 15 is 0 Å². The van der Waals surface area contributed by atoms with Gasteiger partial charge in [0.15, 0.2) is 5.89 Å². The third-order valence-corrected chi connectivity index (χ3v) is 3.92. The first-order chi connectivity index (χ1) is 10.3. The highest BCUT2D eigenvalue weighted by molar-refractivity contribution is 7.92. The van der Waals surface area contributed by atoms with Crippen LogP contribution in [0, 0.1) is 18.3 Å². The average molecular weight is 321 g/mol. The van der Waals surface area contributed by atoms with Gasteiger partial charge in [-0.05, 0) is 38.1 Å². The number of ether oxygens (including phenoxy) is 1. The van der Waals surface area contributed by atoms with E-state index in [1.807, 2.05) is 13.8 Å². The minimum Gasteiger partial charge on any atom is -0.491 e. The topological polar surface area (TPSA) is 105 Å². The number of nitrogens with zero attached hydrogens (tertiary/aromatic N) is 2. The Bertz CT molecular complexity index is 802. The van der Waals surface area contributed by atoms with E-state index < -0.39 is 10.0 Å². The lowest BCUT2D eigenvalue weighted by Crippen LogP contribution is -2.13. The van der Waals surface area contributed by atoms with E-state index in [-0.39, 0.29) is 28.5 Å². The first-order valence-corrected chi connectivity index (χ1v) is 7.97. The Labute approximate surface area is 128 Å². The van der Waals surface area contributed by atoms with Crippen LogP contribution in [0.4, 0.5) is 5.88 Å². The maximum atomic E-state index is 12.3.